The predicted molar refractivity (Wildman–Crippen MR) is 122 cm³/mol. The van der Waals surface area contributed by atoms with Gasteiger partial charge in [-0.05, 0) is 30.7 Å². The van der Waals surface area contributed by atoms with Gasteiger partial charge in [-0.15, -0.1) is 0 Å². The van der Waals surface area contributed by atoms with Crippen LogP contribution < -0.4 is 16.0 Å². The minimum Gasteiger partial charge on any atom is -0.383 e. The van der Waals surface area contributed by atoms with Crippen molar-refractivity contribution in [2.45, 2.75) is 45.0 Å². The molecule has 4 heterocycles. The SMILES string of the molecule is CC(C)c1nc2c(c(Nc3ccc(C(F)(F)F)c(N)n3)n1)CCN(c1ncccc1C(F)(F)F)CC2. The number of nitrogens with one attached hydrogen (secondary N) is 1. The van der Waals surface area contributed by atoms with E-state index >= 15 is 0 Å². The largest absolute Gasteiger partial charge is 0.419 e. The summed E-state index contributed by atoms with van der Waals surface area (Å²) in [6, 6.07) is 4.21. The number of alkyl halides is 6. The molecule has 0 atom stereocenters. The minimum absolute atomic E-state index is 0.0568. The number of hydrogen-bond donors (Lipinski definition) is 2. The molecule has 0 saturated carbocycles. The molecule has 3 N–H and O–H groups in total. The highest BCUT2D eigenvalue weighted by molar-refractivity contribution is 5.61. The van der Waals surface area contributed by atoms with Gasteiger partial charge in [0.05, 0.1) is 16.8 Å². The van der Waals surface area contributed by atoms with Crippen LogP contribution in [-0.2, 0) is 25.2 Å². The van der Waals surface area contributed by atoms with E-state index in [1.54, 1.807) is 4.90 Å². The Hall–Kier alpha value is -3.64. The summed E-state index contributed by atoms with van der Waals surface area (Å²) in [4.78, 5) is 18.5. The Balaban J connectivity index is 1.68. The number of halogens is 6. The summed E-state index contributed by atoms with van der Waals surface area (Å²) in [5, 5.41) is 2.94. The van der Waals surface area contributed by atoms with Gasteiger partial charge >= 0.3 is 12.4 Å². The van der Waals surface area contributed by atoms with Crippen molar-refractivity contribution in [3.63, 3.8) is 0 Å². The fraction of sp³-hybridized carbons (Fsp3) is 0.391. The molecule has 7 nitrogen and oxygen atoms in total. The maximum Gasteiger partial charge on any atom is 0.419 e. The fourth-order valence-corrected chi connectivity index (χ4v) is 3.97. The third-order valence-electron chi connectivity index (χ3n) is 5.74. The first-order chi connectivity index (χ1) is 16.8. The van der Waals surface area contributed by atoms with E-state index in [4.69, 9.17) is 5.73 Å². The Labute approximate surface area is 202 Å². The normalized spacial score (nSPS) is 14.5. The highest BCUT2D eigenvalue weighted by Crippen LogP contribution is 2.37. The number of nitrogens with zero attached hydrogens (tertiary/aromatic N) is 5. The second-order valence-corrected chi connectivity index (χ2v) is 8.62. The first-order valence-electron chi connectivity index (χ1n) is 11.1. The number of fused-ring (bicyclic) bond motifs is 1. The second kappa shape index (κ2) is 9.43. The van der Waals surface area contributed by atoms with Gasteiger partial charge in [0.25, 0.3) is 0 Å². The number of nitrogen functional groups attached to an aromatic ring is 1. The van der Waals surface area contributed by atoms with Crippen LogP contribution in [0.15, 0.2) is 30.5 Å². The van der Waals surface area contributed by atoms with E-state index in [1.807, 2.05) is 13.8 Å². The molecule has 0 bridgehead atoms. The van der Waals surface area contributed by atoms with Gasteiger partial charge in [-0.25, -0.2) is 19.9 Å². The molecule has 0 saturated heterocycles. The van der Waals surface area contributed by atoms with Gasteiger partial charge in [-0.2, -0.15) is 26.3 Å². The van der Waals surface area contributed by atoms with Gasteiger partial charge in [-0.1, -0.05) is 13.8 Å². The van der Waals surface area contributed by atoms with E-state index in [2.05, 4.69) is 25.3 Å². The van der Waals surface area contributed by atoms with E-state index < -0.39 is 29.3 Å². The van der Waals surface area contributed by atoms with Crippen LogP contribution in [0.3, 0.4) is 0 Å². The number of aromatic nitrogens is 4. The molecule has 3 aromatic rings. The standard InChI is InChI=1S/C23H23F6N7/c1-12(2)19-32-16-8-11-36(21-15(23(27,28)29)4-3-9-31-21)10-7-13(16)20(35-19)34-17-6-5-14(18(30)33-17)22(24,25)26/h3-6,9,12H,7-8,10-11H2,1-2H3,(H3,30,32,33,34,35). The lowest BCUT2D eigenvalue weighted by molar-refractivity contribution is -0.138. The summed E-state index contributed by atoms with van der Waals surface area (Å²) in [5.41, 5.74) is 4.93. The summed E-state index contributed by atoms with van der Waals surface area (Å²) >= 11 is 0. The van der Waals surface area contributed by atoms with Crippen LogP contribution in [0.2, 0.25) is 0 Å². The lowest BCUT2D eigenvalue weighted by atomic mass is 10.1. The minimum atomic E-state index is -4.64. The third kappa shape index (κ3) is 5.29. The smallest absolute Gasteiger partial charge is 0.383 e. The second-order valence-electron chi connectivity index (χ2n) is 8.62. The van der Waals surface area contributed by atoms with Crippen molar-refractivity contribution in [2.75, 3.05) is 29.0 Å². The number of hydrogen-bond acceptors (Lipinski definition) is 7. The molecule has 192 valence electrons. The van der Waals surface area contributed by atoms with E-state index in [0.29, 0.717) is 29.3 Å². The zero-order chi connectivity index (χ0) is 26.3. The van der Waals surface area contributed by atoms with Crippen molar-refractivity contribution in [2.24, 2.45) is 0 Å². The topological polar surface area (TPSA) is 92.8 Å². The Bertz CT molecular complexity index is 1260. The number of anilines is 4. The quantitative estimate of drug-likeness (QED) is 0.456. The molecular formula is C23H23F6N7. The molecule has 1 aliphatic heterocycles. The van der Waals surface area contributed by atoms with Crippen molar-refractivity contribution in [3.05, 3.63) is 58.7 Å². The molecule has 0 amide bonds. The molecule has 0 unspecified atom stereocenters. The van der Waals surface area contributed by atoms with Crippen LogP contribution in [0.1, 0.15) is 48.0 Å². The summed E-state index contributed by atoms with van der Waals surface area (Å²) in [6.07, 6.45) is -7.29. The van der Waals surface area contributed by atoms with Crippen molar-refractivity contribution in [1.82, 2.24) is 19.9 Å². The van der Waals surface area contributed by atoms with Crippen LogP contribution in [0.25, 0.3) is 0 Å². The van der Waals surface area contributed by atoms with Gasteiger partial charge in [-0.3, -0.25) is 0 Å². The number of pyridine rings is 2. The maximum absolute atomic E-state index is 13.6. The Morgan fingerprint density at radius 2 is 1.61 bits per heavy atom. The maximum atomic E-state index is 13.6. The third-order valence-corrected chi connectivity index (χ3v) is 5.74. The molecule has 0 radical (unpaired) electrons. The summed E-state index contributed by atoms with van der Waals surface area (Å²) in [6.45, 7) is 4.21. The molecule has 36 heavy (non-hydrogen) atoms. The fourth-order valence-electron chi connectivity index (χ4n) is 3.97. The Kier molecular flexibility index (Phi) is 6.67. The van der Waals surface area contributed by atoms with Crippen molar-refractivity contribution >= 4 is 23.3 Å². The molecule has 4 rings (SSSR count). The zero-order valence-corrected chi connectivity index (χ0v) is 19.4. The molecule has 0 spiro atoms. The lowest BCUT2D eigenvalue weighted by Crippen LogP contribution is -2.29. The zero-order valence-electron chi connectivity index (χ0n) is 19.4. The van der Waals surface area contributed by atoms with Crippen molar-refractivity contribution in [1.29, 1.82) is 0 Å². The average Bonchev–Trinajstić information content (AvgIpc) is 3.00. The van der Waals surface area contributed by atoms with Gasteiger partial charge in [0.2, 0.25) is 0 Å². The Morgan fingerprint density at radius 1 is 0.917 bits per heavy atom. The Morgan fingerprint density at radius 3 is 2.25 bits per heavy atom. The highest BCUT2D eigenvalue weighted by atomic mass is 19.4. The molecule has 0 aromatic carbocycles. The molecule has 1 aliphatic rings. The van der Waals surface area contributed by atoms with Crippen LogP contribution in [-0.4, -0.2) is 33.0 Å². The van der Waals surface area contributed by atoms with Crippen molar-refractivity contribution < 1.29 is 26.3 Å². The van der Waals surface area contributed by atoms with Gasteiger partial charge in [0.15, 0.2) is 0 Å². The monoisotopic (exact) mass is 511 g/mol. The number of rotatable bonds is 4. The average molecular weight is 511 g/mol. The number of nitrogens with two attached hydrogens (primary N) is 1. The van der Waals surface area contributed by atoms with Gasteiger partial charge in [0.1, 0.15) is 29.1 Å². The van der Waals surface area contributed by atoms with Gasteiger partial charge in [0, 0.05) is 37.2 Å². The summed E-state index contributed by atoms with van der Waals surface area (Å²) in [5.74, 6) is -0.0540. The van der Waals surface area contributed by atoms with Crippen LogP contribution in [0.5, 0.6) is 0 Å². The van der Waals surface area contributed by atoms with Crippen LogP contribution >= 0.6 is 0 Å². The summed E-state index contributed by atoms with van der Waals surface area (Å²) in [7, 11) is 0. The summed E-state index contributed by atoms with van der Waals surface area (Å²) < 4.78 is 79.9. The lowest BCUT2D eigenvalue weighted by Gasteiger charge is -2.24. The predicted octanol–water partition coefficient (Wildman–Crippen LogP) is 5.36. The molecule has 13 heteroatoms. The van der Waals surface area contributed by atoms with E-state index in [1.165, 1.54) is 12.3 Å². The molecular weight excluding hydrogens is 488 g/mol. The van der Waals surface area contributed by atoms with Crippen LogP contribution in [0.4, 0.5) is 49.6 Å². The van der Waals surface area contributed by atoms with Crippen LogP contribution in [0, 0.1) is 0 Å². The molecule has 3 aromatic heterocycles. The van der Waals surface area contributed by atoms with E-state index in [0.717, 1.165) is 18.2 Å². The first kappa shape index (κ1) is 25.5. The van der Waals surface area contributed by atoms with E-state index in [-0.39, 0.29) is 37.1 Å². The highest BCUT2D eigenvalue weighted by Gasteiger charge is 2.36. The molecule has 0 fully saturated rings. The van der Waals surface area contributed by atoms with E-state index in [9.17, 15) is 26.3 Å². The van der Waals surface area contributed by atoms with Crippen molar-refractivity contribution in [3.8, 4) is 0 Å². The first-order valence-corrected chi connectivity index (χ1v) is 11.1. The van der Waals surface area contributed by atoms with Gasteiger partial charge < -0.3 is 16.0 Å². The molecule has 0 aliphatic carbocycles.